The van der Waals surface area contributed by atoms with Gasteiger partial charge >= 0.3 is 0 Å². The molecule has 0 bridgehead atoms. The van der Waals surface area contributed by atoms with Gasteiger partial charge in [-0.05, 0) is 104 Å². The van der Waals surface area contributed by atoms with Crippen molar-refractivity contribution in [3.8, 4) is 0 Å². The average Bonchev–Trinajstić information content (AvgIpc) is 3.41. The zero-order valence-electron chi connectivity index (χ0n) is 29.1. The van der Waals surface area contributed by atoms with Crippen LogP contribution >= 0.6 is 0 Å². The Balaban J connectivity index is 1.29. The van der Waals surface area contributed by atoms with Gasteiger partial charge in [-0.2, -0.15) is 0 Å². The molecule has 5 aromatic carbocycles. The van der Waals surface area contributed by atoms with Crippen LogP contribution in [0, 0.1) is 0 Å². The lowest BCUT2D eigenvalue weighted by atomic mass is 9.33. The summed E-state index contributed by atoms with van der Waals surface area (Å²) >= 11 is 0. The van der Waals surface area contributed by atoms with Crippen molar-refractivity contribution in [3.63, 3.8) is 0 Å². The summed E-state index contributed by atoms with van der Waals surface area (Å²) in [5.74, 6) is 0. The summed E-state index contributed by atoms with van der Waals surface area (Å²) in [6.45, 7) is 15.2. The molecule has 48 heavy (non-hydrogen) atoms. The molecule has 0 N–H and O–H groups in total. The van der Waals surface area contributed by atoms with E-state index < -0.39 is 0 Å². The minimum Gasteiger partial charge on any atom is -0.336 e. The van der Waals surface area contributed by atoms with Crippen molar-refractivity contribution in [2.45, 2.75) is 89.1 Å². The van der Waals surface area contributed by atoms with Crippen LogP contribution in [0.4, 0.5) is 39.8 Å². The highest BCUT2D eigenvalue weighted by atomic mass is 15.3. The van der Waals surface area contributed by atoms with Gasteiger partial charge in [0.05, 0.1) is 5.54 Å². The summed E-state index contributed by atoms with van der Waals surface area (Å²) in [7, 11) is 0. The number of nitrogens with zero attached hydrogens (tertiary/aromatic N) is 3. The highest BCUT2D eigenvalue weighted by Gasteiger charge is 2.63. The third kappa shape index (κ3) is 3.18. The summed E-state index contributed by atoms with van der Waals surface area (Å²) in [5, 5.41) is 0. The van der Waals surface area contributed by atoms with Gasteiger partial charge in [0.15, 0.2) is 0 Å². The van der Waals surface area contributed by atoms with Crippen molar-refractivity contribution >= 4 is 62.9 Å². The quantitative estimate of drug-likeness (QED) is 0.185. The molecule has 4 heteroatoms. The fraction of sp³-hybridized carbons (Fsp3) is 0.318. The maximum absolute atomic E-state index is 2.85. The molecule has 0 aromatic heterocycles. The molecule has 0 spiro atoms. The molecule has 0 amide bonds. The van der Waals surface area contributed by atoms with E-state index in [4.69, 9.17) is 0 Å². The monoisotopic (exact) mass is 625 g/mol. The van der Waals surface area contributed by atoms with Crippen LogP contribution in [0.25, 0.3) is 0 Å². The first-order valence-corrected chi connectivity index (χ1v) is 18.0. The number of hydrogen-bond donors (Lipinski definition) is 0. The topological polar surface area (TPSA) is 9.72 Å². The average molecular weight is 626 g/mol. The molecular weight excluding hydrogens is 581 g/mol. The third-order valence-corrected chi connectivity index (χ3v) is 14.0. The first-order chi connectivity index (χ1) is 23.1. The Morgan fingerprint density at radius 1 is 0.562 bits per heavy atom. The van der Waals surface area contributed by atoms with E-state index in [1.54, 1.807) is 5.56 Å². The normalized spacial score (nSPS) is 24.5. The van der Waals surface area contributed by atoms with Crippen molar-refractivity contribution in [2.75, 3.05) is 14.7 Å². The van der Waals surface area contributed by atoms with E-state index in [0.717, 1.165) is 0 Å². The minimum atomic E-state index is -0.0683. The standard InChI is InChI=1S/C44H44BN3/c1-41(2)32-20-15-21-35-39(32)47(42(41,3)4)36-25-23-33-40-38(36)45(35)34-24-22-31(28-37(34)48(40)44(6)27-14-13-26-43(33,44)5)46(29-16-9-7-10-17-29)30-18-11-8-12-19-30/h7-12,15-25,28H,13-14,26-27H2,1-6H3. The lowest BCUT2D eigenvalue weighted by molar-refractivity contribution is 0.195. The number of rotatable bonds is 3. The number of benzene rings is 5. The van der Waals surface area contributed by atoms with Gasteiger partial charge in [-0.3, -0.25) is 0 Å². The molecule has 10 rings (SSSR count). The lowest BCUT2D eigenvalue weighted by Crippen LogP contribution is -2.65. The van der Waals surface area contributed by atoms with Crippen LogP contribution in [0.2, 0.25) is 0 Å². The molecule has 4 aliphatic heterocycles. The Morgan fingerprint density at radius 2 is 1.25 bits per heavy atom. The number of hydrogen-bond acceptors (Lipinski definition) is 3. The molecule has 3 nitrogen and oxygen atoms in total. The highest BCUT2D eigenvalue weighted by Crippen LogP contribution is 2.63. The van der Waals surface area contributed by atoms with Crippen LogP contribution in [-0.4, -0.2) is 17.8 Å². The fourth-order valence-electron chi connectivity index (χ4n) is 10.7. The van der Waals surface area contributed by atoms with E-state index in [-0.39, 0.29) is 28.6 Å². The predicted octanol–water partition coefficient (Wildman–Crippen LogP) is 9.25. The zero-order valence-corrected chi connectivity index (χ0v) is 29.1. The number of fused-ring (bicyclic) bond motifs is 8. The molecule has 0 radical (unpaired) electrons. The molecule has 5 aliphatic rings. The smallest absolute Gasteiger partial charge is 0.252 e. The number of para-hydroxylation sites is 3. The van der Waals surface area contributed by atoms with Gasteiger partial charge in [0.1, 0.15) is 0 Å². The molecule has 5 aromatic rings. The van der Waals surface area contributed by atoms with Gasteiger partial charge in [-0.25, -0.2) is 0 Å². The zero-order chi connectivity index (χ0) is 32.8. The Hall–Kier alpha value is -4.44. The molecular formula is C44H44BN3. The van der Waals surface area contributed by atoms with Crippen LogP contribution in [0.1, 0.15) is 78.4 Å². The van der Waals surface area contributed by atoms with E-state index in [1.165, 1.54) is 87.4 Å². The molecule has 1 fully saturated rings. The molecule has 4 heterocycles. The first-order valence-electron chi connectivity index (χ1n) is 18.0. The maximum atomic E-state index is 2.85. The van der Waals surface area contributed by atoms with Gasteiger partial charge in [-0.1, -0.05) is 100 Å². The van der Waals surface area contributed by atoms with Crippen molar-refractivity contribution in [2.24, 2.45) is 0 Å². The predicted molar refractivity (Wildman–Crippen MR) is 204 cm³/mol. The molecule has 0 saturated heterocycles. The van der Waals surface area contributed by atoms with E-state index in [9.17, 15) is 0 Å². The van der Waals surface area contributed by atoms with E-state index in [1.807, 2.05) is 0 Å². The van der Waals surface area contributed by atoms with E-state index in [0.29, 0.717) is 0 Å². The first kappa shape index (κ1) is 28.6. The van der Waals surface area contributed by atoms with Crippen molar-refractivity contribution in [1.29, 1.82) is 0 Å². The third-order valence-electron chi connectivity index (χ3n) is 14.0. The molecule has 1 aliphatic carbocycles. The van der Waals surface area contributed by atoms with Crippen molar-refractivity contribution in [3.05, 3.63) is 120 Å². The molecule has 2 unspecified atom stereocenters. The number of anilines is 7. The van der Waals surface area contributed by atoms with Crippen LogP contribution < -0.4 is 31.1 Å². The summed E-state index contributed by atoms with van der Waals surface area (Å²) in [4.78, 5) is 8.02. The maximum Gasteiger partial charge on any atom is 0.252 e. The molecule has 2 atom stereocenters. The second-order valence-electron chi connectivity index (χ2n) is 16.5. The Kier molecular flexibility index (Phi) is 5.46. The van der Waals surface area contributed by atoms with Crippen LogP contribution in [0.15, 0.2) is 109 Å². The van der Waals surface area contributed by atoms with Gasteiger partial charge in [-0.15, -0.1) is 0 Å². The summed E-state index contributed by atoms with van der Waals surface area (Å²) in [6, 6.07) is 41.4. The van der Waals surface area contributed by atoms with Crippen molar-refractivity contribution in [1.82, 2.24) is 0 Å². The summed E-state index contributed by atoms with van der Waals surface area (Å²) in [5.41, 5.74) is 16.8. The van der Waals surface area contributed by atoms with Crippen molar-refractivity contribution < 1.29 is 0 Å². The van der Waals surface area contributed by atoms with E-state index in [2.05, 4.69) is 165 Å². The molecule has 238 valence electrons. The second-order valence-corrected chi connectivity index (χ2v) is 16.5. The van der Waals surface area contributed by atoms with Crippen LogP contribution in [-0.2, 0) is 10.8 Å². The second kappa shape index (κ2) is 9.17. The largest absolute Gasteiger partial charge is 0.336 e. The van der Waals surface area contributed by atoms with Crippen LogP contribution in [0.5, 0.6) is 0 Å². The van der Waals surface area contributed by atoms with Crippen LogP contribution in [0.3, 0.4) is 0 Å². The summed E-state index contributed by atoms with van der Waals surface area (Å²) in [6.07, 6.45) is 5.00. The van der Waals surface area contributed by atoms with E-state index >= 15 is 0 Å². The Bertz CT molecular complexity index is 2110. The van der Waals surface area contributed by atoms with Gasteiger partial charge in [0.2, 0.25) is 0 Å². The minimum absolute atomic E-state index is 0.00175. The Morgan fingerprint density at radius 3 is 1.96 bits per heavy atom. The lowest BCUT2D eigenvalue weighted by Gasteiger charge is -2.52. The SMILES string of the molecule is CC1(C)c2cccc3c2N(c2ccc4c5c2B3c2ccc(N(c3ccccc3)c3ccccc3)cc2N5C2(C)CCCCC42C)C1(C)C. The summed E-state index contributed by atoms with van der Waals surface area (Å²) < 4.78 is 0. The van der Waals surface area contributed by atoms with Gasteiger partial charge in [0.25, 0.3) is 6.71 Å². The molecule has 1 saturated carbocycles. The van der Waals surface area contributed by atoms with Gasteiger partial charge in [0, 0.05) is 56.2 Å². The highest BCUT2D eigenvalue weighted by molar-refractivity contribution is 7.00. The van der Waals surface area contributed by atoms with Gasteiger partial charge < -0.3 is 14.7 Å². The Labute approximate surface area is 286 Å². The fourth-order valence-corrected chi connectivity index (χ4v) is 10.7.